The zero-order valence-corrected chi connectivity index (χ0v) is 8.71. The van der Waals surface area contributed by atoms with Crippen molar-refractivity contribution in [1.29, 1.82) is 5.26 Å². The third kappa shape index (κ3) is 2.72. The van der Waals surface area contributed by atoms with Gasteiger partial charge < -0.3 is 4.74 Å². The first-order chi connectivity index (χ1) is 8.01. The number of nitriles is 1. The highest BCUT2D eigenvalue weighted by Gasteiger charge is 2.22. The smallest absolute Gasteiger partial charge is 0.310 e. The highest BCUT2D eigenvalue weighted by molar-refractivity contribution is 5.72. The highest BCUT2D eigenvalue weighted by atomic mass is 19.3. The topological polar surface area (TPSA) is 63.0 Å². The van der Waals surface area contributed by atoms with E-state index in [1.165, 1.54) is 6.07 Å². The summed E-state index contributed by atoms with van der Waals surface area (Å²) >= 11 is 0. The number of aromatic nitrogens is 1. The van der Waals surface area contributed by atoms with Gasteiger partial charge in [0.2, 0.25) is 0 Å². The fourth-order valence-corrected chi connectivity index (χ4v) is 1.16. The second-order valence-electron chi connectivity index (χ2n) is 3.02. The number of ether oxygens (including phenoxy) is 1. The van der Waals surface area contributed by atoms with Crippen molar-refractivity contribution in [2.24, 2.45) is 0 Å². The number of pyridine rings is 1. The van der Waals surface area contributed by atoms with Crippen LogP contribution in [0.15, 0.2) is 6.20 Å². The summed E-state index contributed by atoms with van der Waals surface area (Å²) in [7, 11) is 1.10. The van der Waals surface area contributed by atoms with Crippen molar-refractivity contribution in [3.8, 4) is 6.07 Å². The van der Waals surface area contributed by atoms with E-state index < -0.39 is 35.9 Å². The lowest BCUT2D eigenvalue weighted by atomic mass is 10.1. The molecule has 0 aliphatic rings. The van der Waals surface area contributed by atoms with E-state index in [0.29, 0.717) is 0 Å². The average molecular weight is 244 g/mol. The molecule has 1 aromatic heterocycles. The fourth-order valence-electron chi connectivity index (χ4n) is 1.16. The van der Waals surface area contributed by atoms with Gasteiger partial charge in [0.15, 0.2) is 0 Å². The van der Waals surface area contributed by atoms with Crippen molar-refractivity contribution in [2.45, 2.75) is 12.8 Å². The Bertz CT molecular complexity index is 483. The van der Waals surface area contributed by atoms with E-state index >= 15 is 0 Å². The minimum absolute atomic E-state index is 0.252. The summed E-state index contributed by atoms with van der Waals surface area (Å²) in [5.74, 6) is -1.91. The summed E-state index contributed by atoms with van der Waals surface area (Å²) in [5, 5.41) is 8.58. The monoisotopic (exact) mass is 244 g/mol. The van der Waals surface area contributed by atoms with E-state index in [1.54, 1.807) is 0 Å². The first-order valence-corrected chi connectivity index (χ1v) is 4.43. The number of esters is 1. The van der Waals surface area contributed by atoms with Gasteiger partial charge in [0.05, 0.1) is 13.5 Å². The van der Waals surface area contributed by atoms with Crippen LogP contribution in [0.1, 0.15) is 23.2 Å². The van der Waals surface area contributed by atoms with Crippen LogP contribution in [0.2, 0.25) is 0 Å². The number of halogens is 3. The van der Waals surface area contributed by atoms with Crippen LogP contribution in [0.3, 0.4) is 0 Å². The summed E-state index contributed by atoms with van der Waals surface area (Å²) in [6.07, 6.45) is -2.71. The van der Waals surface area contributed by atoms with Gasteiger partial charge in [0, 0.05) is 11.8 Å². The van der Waals surface area contributed by atoms with Crippen molar-refractivity contribution >= 4 is 5.97 Å². The molecule has 4 nitrogen and oxygen atoms in total. The summed E-state index contributed by atoms with van der Waals surface area (Å²) < 4.78 is 42.6. The number of methoxy groups -OCH3 is 1. The largest absolute Gasteiger partial charge is 0.469 e. The van der Waals surface area contributed by atoms with Crippen molar-refractivity contribution in [3.05, 3.63) is 28.8 Å². The molecule has 17 heavy (non-hydrogen) atoms. The Kier molecular flexibility index (Phi) is 4.04. The van der Waals surface area contributed by atoms with Gasteiger partial charge >= 0.3 is 5.97 Å². The molecule has 1 rings (SSSR count). The van der Waals surface area contributed by atoms with Gasteiger partial charge in [-0.2, -0.15) is 5.26 Å². The molecular weight excluding hydrogens is 237 g/mol. The molecule has 0 atom stereocenters. The maximum Gasteiger partial charge on any atom is 0.310 e. The quantitative estimate of drug-likeness (QED) is 0.760. The Morgan fingerprint density at radius 3 is 2.76 bits per heavy atom. The first-order valence-electron chi connectivity index (χ1n) is 4.43. The van der Waals surface area contributed by atoms with Crippen molar-refractivity contribution in [2.75, 3.05) is 7.11 Å². The van der Waals surface area contributed by atoms with Crippen LogP contribution in [-0.4, -0.2) is 18.1 Å². The van der Waals surface area contributed by atoms with Gasteiger partial charge in [0.25, 0.3) is 6.43 Å². The number of carbonyl (C=O) groups excluding carboxylic acids is 1. The summed E-state index contributed by atoms with van der Waals surface area (Å²) in [5.41, 5.74) is -2.03. The Morgan fingerprint density at radius 1 is 1.65 bits per heavy atom. The molecule has 0 fully saturated rings. The third-order valence-corrected chi connectivity index (χ3v) is 2.00. The minimum atomic E-state index is -3.05. The van der Waals surface area contributed by atoms with Crippen LogP contribution in [0.4, 0.5) is 13.2 Å². The first kappa shape index (κ1) is 13.0. The lowest BCUT2D eigenvalue weighted by Gasteiger charge is -2.06. The Morgan fingerprint density at radius 2 is 2.29 bits per heavy atom. The maximum atomic E-state index is 13.6. The molecule has 1 heterocycles. The summed E-state index contributed by atoms with van der Waals surface area (Å²) in [6, 6.07) is 1.31. The number of nitrogens with zero attached hydrogens (tertiary/aromatic N) is 2. The zero-order valence-electron chi connectivity index (χ0n) is 8.71. The van der Waals surface area contributed by atoms with Gasteiger partial charge in [-0.15, -0.1) is 0 Å². The molecule has 0 radical (unpaired) electrons. The van der Waals surface area contributed by atoms with E-state index in [4.69, 9.17) is 5.26 Å². The van der Waals surface area contributed by atoms with Crippen LogP contribution in [0.25, 0.3) is 0 Å². The number of rotatable bonds is 3. The molecular formula is C10H7F3N2O2. The minimum Gasteiger partial charge on any atom is -0.469 e. The molecule has 0 aliphatic heterocycles. The lowest BCUT2D eigenvalue weighted by molar-refractivity contribution is -0.139. The van der Waals surface area contributed by atoms with E-state index in [-0.39, 0.29) is 5.56 Å². The van der Waals surface area contributed by atoms with Crippen LogP contribution in [-0.2, 0) is 16.0 Å². The number of hydrogen-bond acceptors (Lipinski definition) is 4. The molecule has 7 heteroatoms. The van der Waals surface area contributed by atoms with Crippen molar-refractivity contribution in [1.82, 2.24) is 4.98 Å². The Labute approximate surface area is 94.6 Å². The lowest BCUT2D eigenvalue weighted by Crippen LogP contribution is -2.09. The predicted octanol–water partition coefficient (Wildman–Crippen LogP) is 1.75. The molecule has 1 aromatic rings. The normalized spacial score (nSPS) is 10.1. The van der Waals surface area contributed by atoms with Gasteiger partial charge in [-0.1, -0.05) is 0 Å². The molecule has 0 amide bonds. The molecule has 0 spiro atoms. The number of hydrogen-bond donors (Lipinski definition) is 0. The molecule has 0 bridgehead atoms. The van der Waals surface area contributed by atoms with Crippen LogP contribution < -0.4 is 0 Å². The highest BCUT2D eigenvalue weighted by Crippen LogP contribution is 2.24. The van der Waals surface area contributed by atoms with Crippen LogP contribution in [0.5, 0.6) is 0 Å². The second kappa shape index (κ2) is 5.30. The maximum absolute atomic E-state index is 13.6. The molecule has 0 saturated heterocycles. The van der Waals surface area contributed by atoms with Gasteiger partial charge in [-0.05, 0) is 0 Å². The summed E-state index contributed by atoms with van der Waals surface area (Å²) in [6.45, 7) is 0. The fraction of sp³-hybridized carbons (Fsp3) is 0.300. The Balaban J connectivity index is 3.21. The molecule has 0 aliphatic carbocycles. The van der Waals surface area contributed by atoms with Gasteiger partial charge in [-0.3, -0.25) is 9.78 Å². The van der Waals surface area contributed by atoms with E-state index in [1.807, 2.05) is 0 Å². The number of alkyl halides is 2. The average Bonchev–Trinajstić information content (AvgIpc) is 2.30. The molecule has 0 saturated carbocycles. The zero-order chi connectivity index (χ0) is 13.0. The standard InChI is InChI=1S/C10H7F3N2O2/c1-17-7(16)2-5-4-15-9(10(12)13)6(3-14)8(5)11/h4,10H,2H2,1H3. The molecule has 90 valence electrons. The van der Waals surface area contributed by atoms with Crippen molar-refractivity contribution in [3.63, 3.8) is 0 Å². The Hall–Kier alpha value is -2.10. The van der Waals surface area contributed by atoms with Crippen LogP contribution >= 0.6 is 0 Å². The van der Waals surface area contributed by atoms with Gasteiger partial charge in [-0.25, -0.2) is 13.2 Å². The third-order valence-electron chi connectivity index (χ3n) is 2.00. The second-order valence-corrected chi connectivity index (χ2v) is 3.02. The number of carbonyl (C=O) groups is 1. The molecule has 0 aromatic carbocycles. The van der Waals surface area contributed by atoms with Gasteiger partial charge in [0.1, 0.15) is 23.1 Å². The molecule has 0 unspecified atom stereocenters. The van der Waals surface area contributed by atoms with E-state index in [0.717, 1.165) is 13.3 Å². The molecule has 0 N–H and O–H groups in total. The van der Waals surface area contributed by atoms with E-state index in [9.17, 15) is 18.0 Å². The van der Waals surface area contributed by atoms with Crippen molar-refractivity contribution < 1.29 is 22.7 Å². The van der Waals surface area contributed by atoms with Crippen LogP contribution in [0, 0.1) is 17.1 Å². The summed E-state index contributed by atoms with van der Waals surface area (Å²) in [4.78, 5) is 14.2. The van der Waals surface area contributed by atoms with E-state index in [2.05, 4.69) is 9.72 Å². The predicted molar refractivity (Wildman–Crippen MR) is 49.6 cm³/mol. The SMILES string of the molecule is COC(=O)Cc1cnc(C(F)F)c(C#N)c1F.